The van der Waals surface area contributed by atoms with Crippen LogP contribution >= 0.6 is 0 Å². The Kier molecular flexibility index (Phi) is 7.75. The number of unbranched alkanes of at least 4 members (excludes halogenated alkanes) is 2. The summed E-state index contributed by atoms with van der Waals surface area (Å²) in [7, 11) is 0. The van der Waals surface area contributed by atoms with E-state index in [1.54, 1.807) is 4.68 Å². The number of carbonyl (C=O) groups is 2. The number of benzene rings is 1. The van der Waals surface area contributed by atoms with E-state index in [0.29, 0.717) is 25.8 Å². The lowest BCUT2D eigenvalue weighted by molar-refractivity contribution is -0.126. The number of aliphatic hydroxyl groups is 1. The fraction of sp³-hybridized carbons (Fsp3) is 0.600. The van der Waals surface area contributed by atoms with E-state index in [1.165, 1.54) is 0 Å². The van der Waals surface area contributed by atoms with Gasteiger partial charge >= 0.3 is 0 Å². The van der Waals surface area contributed by atoms with E-state index in [4.69, 9.17) is 5.26 Å². The molecule has 2 aromatic rings. The van der Waals surface area contributed by atoms with Crippen LogP contribution in [-0.2, 0) is 11.3 Å². The monoisotopic (exact) mass is 453 g/mol. The molecule has 33 heavy (non-hydrogen) atoms. The van der Waals surface area contributed by atoms with Crippen LogP contribution in [0.5, 0.6) is 0 Å². The first-order valence-electron chi connectivity index (χ1n) is 11.8. The summed E-state index contributed by atoms with van der Waals surface area (Å²) in [6, 6.07) is 8.89. The Morgan fingerprint density at radius 2 is 1.94 bits per heavy atom. The molecule has 1 atom stereocenters. The number of amides is 2. The van der Waals surface area contributed by atoms with E-state index in [2.05, 4.69) is 21.8 Å². The van der Waals surface area contributed by atoms with Crippen molar-refractivity contribution in [3.63, 3.8) is 0 Å². The maximum Gasteiger partial charge on any atom is 0.273 e. The number of rotatable bonds is 9. The zero-order valence-corrected chi connectivity index (χ0v) is 19.9. The Morgan fingerprint density at radius 1 is 1.24 bits per heavy atom. The number of para-hydroxylation sites is 1. The highest BCUT2D eigenvalue weighted by Crippen LogP contribution is 2.29. The van der Waals surface area contributed by atoms with E-state index in [1.807, 2.05) is 45.0 Å². The minimum atomic E-state index is -0.859. The molecule has 0 saturated heterocycles. The summed E-state index contributed by atoms with van der Waals surface area (Å²) in [5, 5.41) is 30.3. The summed E-state index contributed by atoms with van der Waals surface area (Å²) in [6.07, 6.45) is 5.32. The number of aryl methyl sites for hydroxylation is 1. The van der Waals surface area contributed by atoms with Crippen molar-refractivity contribution in [2.75, 3.05) is 6.54 Å². The minimum absolute atomic E-state index is 0.189. The summed E-state index contributed by atoms with van der Waals surface area (Å²) < 4.78 is 1.80. The maximum atomic E-state index is 13.3. The Hall–Kier alpha value is -2.92. The van der Waals surface area contributed by atoms with Crippen molar-refractivity contribution in [3.05, 3.63) is 30.0 Å². The lowest BCUT2D eigenvalue weighted by Crippen LogP contribution is -2.55. The van der Waals surface area contributed by atoms with Gasteiger partial charge in [0.1, 0.15) is 6.04 Å². The van der Waals surface area contributed by atoms with Gasteiger partial charge in [-0.05, 0) is 37.2 Å². The van der Waals surface area contributed by atoms with Gasteiger partial charge in [0.05, 0.1) is 17.2 Å². The number of aromatic nitrogens is 2. The number of hydrogen-bond donors (Lipinski definition) is 3. The van der Waals surface area contributed by atoms with Crippen LogP contribution in [0.4, 0.5) is 0 Å². The molecule has 178 valence electrons. The number of nitriles is 1. The molecule has 1 aromatic carbocycles. The van der Waals surface area contributed by atoms with E-state index in [-0.39, 0.29) is 18.1 Å². The van der Waals surface area contributed by atoms with Crippen LogP contribution in [0.2, 0.25) is 0 Å². The third kappa shape index (κ3) is 6.11. The smallest absolute Gasteiger partial charge is 0.273 e. The second-order valence-electron chi connectivity index (χ2n) is 10.1. The summed E-state index contributed by atoms with van der Waals surface area (Å²) >= 11 is 0. The topological polar surface area (TPSA) is 120 Å². The molecule has 2 amide bonds. The molecule has 0 bridgehead atoms. The highest BCUT2D eigenvalue weighted by Gasteiger charge is 2.36. The van der Waals surface area contributed by atoms with Crippen LogP contribution in [0, 0.1) is 16.7 Å². The molecule has 8 heteroatoms. The number of nitrogens with zero attached hydrogens (tertiary/aromatic N) is 3. The molecule has 1 saturated carbocycles. The summed E-state index contributed by atoms with van der Waals surface area (Å²) in [6.45, 7) is 6.49. The average Bonchev–Trinajstić information content (AvgIpc) is 3.37. The Labute approximate surface area is 195 Å². The number of fused-ring (bicyclic) bond motifs is 1. The van der Waals surface area contributed by atoms with Gasteiger partial charge in [0.15, 0.2) is 5.69 Å². The molecular weight excluding hydrogens is 418 g/mol. The predicted octanol–water partition coefficient (Wildman–Crippen LogP) is 3.30. The molecule has 0 aliphatic heterocycles. The van der Waals surface area contributed by atoms with Crippen LogP contribution in [0.15, 0.2) is 24.3 Å². The molecule has 1 fully saturated rings. The molecule has 1 aliphatic carbocycles. The van der Waals surface area contributed by atoms with Crippen LogP contribution < -0.4 is 10.6 Å². The third-order valence-corrected chi connectivity index (χ3v) is 6.31. The number of hydrogen-bond acceptors (Lipinski definition) is 5. The molecule has 3 rings (SSSR count). The normalized spacial score (nSPS) is 16.3. The predicted molar refractivity (Wildman–Crippen MR) is 126 cm³/mol. The fourth-order valence-corrected chi connectivity index (χ4v) is 4.37. The Morgan fingerprint density at radius 3 is 2.61 bits per heavy atom. The van der Waals surface area contributed by atoms with Gasteiger partial charge in [0.25, 0.3) is 5.91 Å². The maximum absolute atomic E-state index is 13.3. The van der Waals surface area contributed by atoms with Crippen LogP contribution in [-0.4, -0.2) is 44.9 Å². The number of nitrogens with one attached hydrogen (secondary N) is 2. The molecule has 0 unspecified atom stereocenters. The van der Waals surface area contributed by atoms with Gasteiger partial charge in [-0.1, -0.05) is 51.8 Å². The van der Waals surface area contributed by atoms with E-state index in [9.17, 15) is 14.7 Å². The second kappa shape index (κ2) is 10.3. The quantitative estimate of drug-likeness (QED) is 0.503. The largest absolute Gasteiger partial charge is 0.388 e. The highest BCUT2D eigenvalue weighted by molar-refractivity contribution is 6.06. The van der Waals surface area contributed by atoms with Gasteiger partial charge in [-0.25, -0.2) is 0 Å². The molecule has 1 aliphatic rings. The highest BCUT2D eigenvalue weighted by atomic mass is 16.3. The van der Waals surface area contributed by atoms with Gasteiger partial charge < -0.3 is 15.7 Å². The van der Waals surface area contributed by atoms with Crippen molar-refractivity contribution in [3.8, 4) is 6.07 Å². The van der Waals surface area contributed by atoms with Gasteiger partial charge in [0.2, 0.25) is 5.91 Å². The van der Waals surface area contributed by atoms with E-state index >= 15 is 0 Å². The van der Waals surface area contributed by atoms with E-state index < -0.39 is 23.0 Å². The lowest BCUT2D eigenvalue weighted by atomic mass is 9.85. The summed E-state index contributed by atoms with van der Waals surface area (Å²) in [5.74, 6) is -0.715. The summed E-state index contributed by atoms with van der Waals surface area (Å²) in [5.41, 5.74) is -0.266. The zero-order valence-electron chi connectivity index (χ0n) is 19.9. The van der Waals surface area contributed by atoms with Gasteiger partial charge in [-0.15, -0.1) is 0 Å². The van der Waals surface area contributed by atoms with Crippen molar-refractivity contribution in [1.82, 2.24) is 20.4 Å². The fourth-order valence-electron chi connectivity index (χ4n) is 4.37. The number of carbonyl (C=O) groups excluding carboxylic acids is 2. The lowest BCUT2D eigenvalue weighted by Gasteiger charge is -2.31. The molecule has 1 heterocycles. The van der Waals surface area contributed by atoms with Crippen molar-refractivity contribution in [2.24, 2.45) is 5.41 Å². The SMILES string of the molecule is CC(C)(C)[C@H](NC(=O)c1nn(CCCCC#N)c2ccccc12)C(=O)NCC1(O)CCCC1. The molecule has 0 spiro atoms. The third-order valence-electron chi connectivity index (χ3n) is 6.31. The molecule has 0 radical (unpaired) electrons. The first kappa shape index (κ1) is 24.7. The molecule has 1 aromatic heterocycles. The second-order valence-corrected chi connectivity index (χ2v) is 10.1. The average molecular weight is 454 g/mol. The van der Waals surface area contributed by atoms with E-state index in [0.717, 1.165) is 36.6 Å². The van der Waals surface area contributed by atoms with Crippen LogP contribution in [0.25, 0.3) is 10.9 Å². The minimum Gasteiger partial charge on any atom is -0.388 e. The molecule has 8 nitrogen and oxygen atoms in total. The summed E-state index contributed by atoms with van der Waals surface area (Å²) in [4.78, 5) is 26.3. The van der Waals surface area contributed by atoms with Crippen molar-refractivity contribution >= 4 is 22.7 Å². The zero-order chi connectivity index (χ0) is 24.1. The Bertz CT molecular complexity index is 1020. The van der Waals surface area contributed by atoms with Crippen LogP contribution in [0.3, 0.4) is 0 Å². The standard InChI is InChI=1S/C25H35N5O3/c1-24(2,3)21(23(32)27-17-25(33)13-7-8-14-25)28-22(31)20-18-11-5-6-12-19(18)30(29-20)16-10-4-9-15-26/h5-6,11-12,21,33H,4,7-10,13-14,16-17H2,1-3H3,(H,27,32)(H,28,31)/t21-/m1/s1. The van der Waals surface area contributed by atoms with Crippen molar-refractivity contribution < 1.29 is 14.7 Å². The van der Waals surface area contributed by atoms with Gasteiger partial charge in [0, 0.05) is 24.9 Å². The first-order valence-corrected chi connectivity index (χ1v) is 11.8. The first-order chi connectivity index (χ1) is 15.6. The van der Waals surface area contributed by atoms with Crippen molar-refractivity contribution in [2.45, 2.75) is 83.9 Å². The van der Waals surface area contributed by atoms with Crippen LogP contribution in [0.1, 0.15) is 76.2 Å². The van der Waals surface area contributed by atoms with Gasteiger partial charge in [-0.3, -0.25) is 14.3 Å². The molecule has 3 N–H and O–H groups in total. The Balaban J connectivity index is 1.76. The molecular formula is C25H35N5O3. The van der Waals surface area contributed by atoms with Crippen molar-refractivity contribution in [1.29, 1.82) is 5.26 Å². The van der Waals surface area contributed by atoms with Gasteiger partial charge in [-0.2, -0.15) is 10.4 Å².